The Morgan fingerprint density at radius 3 is 2.48 bits per heavy atom. The molecular weight excluding hydrogens is 524 g/mol. The van der Waals surface area contributed by atoms with Crippen LogP contribution in [0.25, 0.3) is 11.1 Å². The molecule has 4 aromatic rings. The Morgan fingerprint density at radius 2 is 1.82 bits per heavy atom. The van der Waals surface area contributed by atoms with Crippen molar-refractivity contribution in [1.82, 2.24) is 14.5 Å². The van der Waals surface area contributed by atoms with Crippen LogP contribution in [0.2, 0.25) is 0 Å². The first-order chi connectivity index (χ1) is 19.3. The molecule has 0 bridgehead atoms. The maximum absolute atomic E-state index is 13.9. The number of nitriles is 1. The largest absolute Gasteiger partial charge is 0.493 e. The SMILES string of the molecule is Cc1ncccc1-c1ccc(S(=O)(=O)c2c(O)n(C(c3cccc(C#N)c3)C3CC3)c(CC3CC3)nc2=O)cc1. The van der Waals surface area contributed by atoms with Gasteiger partial charge in [0.25, 0.3) is 5.56 Å². The fourth-order valence-electron chi connectivity index (χ4n) is 5.36. The van der Waals surface area contributed by atoms with Crippen LogP contribution in [-0.4, -0.2) is 28.1 Å². The molecule has 2 fully saturated rings. The lowest BCUT2D eigenvalue weighted by Gasteiger charge is -2.26. The fraction of sp³-hybridized carbons (Fsp3) is 0.290. The molecule has 2 aromatic carbocycles. The molecule has 0 spiro atoms. The molecule has 1 unspecified atom stereocenters. The van der Waals surface area contributed by atoms with Gasteiger partial charge in [0.15, 0.2) is 4.90 Å². The van der Waals surface area contributed by atoms with Gasteiger partial charge in [-0.15, -0.1) is 0 Å². The number of hydrogen-bond donors (Lipinski definition) is 1. The Balaban J connectivity index is 1.49. The molecule has 8 nitrogen and oxygen atoms in total. The minimum atomic E-state index is -4.41. The van der Waals surface area contributed by atoms with E-state index in [4.69, 9.17) is 0 Å². The molecule has 1 N–H and O–H groups in total. The number of aryl methyl sites for hydroxylation is 1. The van der Waals surface area contributed by atoms with Gasteiger partial charge in [0.2, 0.25) is 15.7 Å². The third kappa shape index (κ3) is 4.80. The van der Waals surface area contributed by atoms with Gasteiger partial charge < -0.3 is 5.11 Å². The second-order valence-corrected chi connectivity index (χ2v) is 12.6. The normalized spacial score (nSPS) is 15.9. The molecule has 0 amide bonds. The smallest absolute Gasteiger partial charge is 0.296 e. The van der Waals surface area contributed by atoms with E-state index in [9.17, 15) is 23.6 Å². The van der Waals surface area contributed by atoms with E-state index >= 15 is 0 Å². The maximum atomic E-state index is 13.9. The summed E-state index contributed by atoms with van der Waals surface area (Å²) in [5, 5.41) is 21.1. The highest BCUT2D eigenvalue weighted by molar-refractivity contribution is 7.91. The van der Waals surface area contributed by atoms with Gasteiger partial charge in [-0.25, -0.2) is 8.42 Å². The Kier molecular flexibility index (Phi) is 6.51. The molecule has 6 rings (SSSR count). The first kappa shape index (κ1) is 26.0. The predicted octanol–water partition coefficient (Wildman–Crippen LogP) is 4.98. The van der Waals surface area contributed by atoms with Crippen LogP contribution >= 0.6 is 0 Å². The van der Waals surface area contributed by atoms with E-state index in [1.807, 2.05) is 25.1 Å². The molecule has 1 atom stereocenters. The fourth-order valence-corrected chi connectivity index (χ4v) is 6.70. The minimum absolute atomic E-state index is 0.108. The van der Waals surface area contributed by atoms with Crippen LogP contribution in [0.3, 0.4) is 0 Å². The summed E-state index contributed by atoms with van der Waals surface area (Å²) < 4.78 is 29.3. The van der Waals surface area contributed by atoms with Gasteiger partial charge in [-0.1, -0.05) is 30.3 Å². The standard InChI is InChI=1S/C31H28N4O4S/c1-19-26(6-3-15-33-19)22-11-13-25(14-12-22)40(38,39)29-30(36)34-27(17-20-7-8-20)35(31(29)37)28(23-9-10-23)24-5-2-4-21(16-24)18-32/h2-6,11-16,20,23,28,37H,7-10,17H2,1H3. The summed E-state index contributed by atoms with van der Waals surface area (Å²) in [6, 6.07) is 18.7. The molecule has 2 heterocycles. The first-order valence-electron chi connectivity index (χ1n) is 13.4. The zero-order valence-corrected chi connectivity index (χ0v) is 22.8. The number of hydrogen-bond acceptors (Lipinski definition) is 7. The van der Waals surface area contributed by atoms with Crippen molar-refractivity contribution < 1.29 is 13.5 Å². The number of rotatable bonds is 8. The number of aromatic nitrogens is 3. The molecule has 9 heteroatoms. The highest BCUT2D eigenvalue weighted by atomic mass is 32.2. The van der Waals surface area contributed by atoms with Crippen molar-refractivity contribution in [3.05, 3.63) is 99.9 Å². The van der Waals surface area contributed by atoms with E-state index in [0.717, 1.165) is 48.1 Å². The maximum Gasteiger partial charge on any atom is 0.296 e. The zero-order chi connectivity index (χ0) is 28.0. The lowest BCUT2D eigenvalue weighted by molar-refractivity contribution is 0.347. The second kappa shape index (κ2) is 10.0. The van der Waals surface area contributed by atoms with Crippen LogP contribution in [0.15, 0.2) is 81.4 Å². The van der Waals surface area contributed by atoms with Gasteiger partial charge in [-0.2, -0.15) is 10.2 Å². The van der Waals surface area contributed by atoms with Gasteiger partial charge in [0.1, 0.15) is 5.82 Å². The van der Waals surface area contributed by atoms with Crippen molar-refractivity contribution in [1.29, 1.82) is 5.26 Å². The van der Waals surface area contributed by atoms with E-state index in [1.54, 1.807) is 41.1 Å². The highest BCUT2D eigenvalue weighted by Gasteiger charge is 2.40. The van der Waals surface area contributed by atoms with Crippen LogP contribution in [0.5, 0.6) is 5.88 Å². The van der Waals surface area contributed by atoms with Crippen molar-refractivity contribution in [2.45, 2.75) is 54.9 Å². The zero-order valence-electron chi connectivity index (χ0n) is 22.0. The lowest BCUT2D eigenvalue weighted by atomic mass is 9.99. The molecule has 0 radical (unpaired) electrons. The topological polar surface area (TPSA) is 126 Å². The molecular formula is C31H28N4O4S. The predicted molar refractivity (Wildman–Crippen MR) is 148 cm³/mol. The van der Waals surface area contributed by atoms with Gasteiger partial charge in [0, 0.05) is 23.9 Å². The molecule has 2 saturated carbocycles. The minimum Gasteiger partial charge on any atom is -0.493 e. The van der Waals surface area contributed by atoms with Crippen LogP contribution in [-0.2, 0) is 16.3 Å². The molecule has 40 heavy (non-hydrogen) atoms. The molecule has 2 aromatic heterocycles. The summed E-state index contributed by atoms with van der Waals surface area (Å²) in [5.74, 6) is 0.251. The lowest BCUT2D eigenvalue weighted by Crippen LogP contribution is -2.28. The van der Waals surface area contributed by atoms with Crippen LogP contribution < -0.4 is 5.56 Å². The number of pyridine rings is 1. The second-order valence-electron chi connectivity index (χ2n) is 10.7. The third-order valence-electron chi connectivity index (χ3n) is 7.76. The highest BCUT2D eigenvalue weighted by Crippen LogP contribution is 2.47. The summed E-state index contributed by atoms with van der Waals surface area (Å²) in [5.41, 5.74) is 2.75. The Labute approximate surface area is 232 Å². The first-order valence-corrected chi connectivity index (χ1v) is 14.9. The number of aromatic hydroxyl groups is 1. The summed E-state index contributed by atoms with van der Waals surface area (Å²) in [7, 11) is -4.41. The molecule has 2 aliphatic carbocycles. The van der Waals surface area contributed by atoms with Crippen molar-refractivity contribution in [3.63, 3.8) is 0 Å². The monoisotopic (exact) mass is 552 g/mol. The summed E-state index contributed by atoms with van der Waals surface area (Å²) >= 11 is 0. The van der Waals surface area contributed by atoms with E-state index < -0.39 is 32.2 Å². The number of benzene rings is 2. The number of sulfone groups is 1. The molecule has 202 valence electrons. The van der Waals surface area contributed by atoms with Gasteiger partial charge in [0.05, 0.1) is 22.6 Å². The Hall–Kier alpha value is -4.29. The van der Waals surface area contributed by atoms with Crippen molar-refractivity contribution in [3.8, 4) is 23.1 Å². The quantitative estimate of drug-likeness (QED) is 0.327. The summed E-state index contributed by atoms with van der Waals surface area (Å²) in [6.45, 7) is 1.87. The van der Waals surface area contributed by atoms with E-state index in [-0.39, 0.29) is 10.8 Å². The average molecular weight is 553 g/mol. The number of nitrogens with zero attached hydrogens (tertiary/aromatic N) is 4. The Bertz CT molecular complexity index is 1820. The van der Waals surface area contributed by atoms with Gasteiger partial charge in [-0.3, -0.25) is 14.3 Å². The Morgan fingerprint density at radius 1 is 1.07 bits per heavy atom. The summed E-state index contributed by atoms with van der Waals surface area (Å²) in [4.78, 5) is 21.0. The van der Waals surface area contributed by atoms with Crippen LogP contribution in [0.4, 0.5) is 0 Å². The van der Waals surface area contributed by atoms with Crippen LogP contribution in [0.1, 0.15) is 54.4 Å². The van der Waals surface area contributed by atoms with Crippen LogP contribution in [0, 0.1) is 30.1 Å². The molecule has 2 aliphatic rings. The van der Waals surface area contributed by atoms with Gasteiger partial charge >= 0.3 is 0 Å². The van der Waals surface area contributed by atoms with Crippen molar-refractivity contribution in [2.75, 3.05) is 0 Å². The van der Waals surface area contributed by atoms with E-state index in [2.05, 4.69) is 16.0 Å². The van der Waals surface area contributed by atoms with Gasteiger partial charge in [-0.05, 0) is 85.9 Å². The van der Waals surface area contributed by atoms with Crippen molar-refractivity contribution in [2.24, 2.45) is 11.8 Å². The average Bonchev–Trinajstić information content (AvgIpc) is 3.87. The van der Waals surface area contributed by atoms with Crippen molar-refractivity contribution >= 4 is 9.84 Å². The molecule has 0 saturated heterocycles. The molecule has 0 aliphatic heterocycles. The van der Waals surface area contributed by atoms with E-state index in [0.29, 0.717) is 23.7 Å². The third-order valence-corrected chi connectivity index (χ3v) is 9.55. The van der Waals surface area contributed by atoms with E-state index in [1.165, 1.54) is 12.1 Å². The summed E-state index contributed by atoms with van der Waals surface area (Å²) in [6.07, 6.45) is 5.93.